The minimum absolute atomic E-state index is 0.625. The number of nitrogens with zero attached hydrogens (tertiary/aromatic N) is 2. The number of hydrogen-bond acceptors (Lipinski definition) is 4. The molecule has 0 aromatic heterocycles. The van der Waals surface area contributed by atoms with E-state index >= 15 is 0 Å². The molecule has 0 radical (unpaired) electrons. The van der Waals surface area contributed by atoms with Crippen LogP contribution in [0, 0.1) is 5.21 Å². The Bertz CT molecular complexity index is 864. The van der Waals surface area contributed by atoms with Crippen LogP contribution in [0.25, 0.3) is 5.57 Å². The Labute approximate surface area is 159 Å². The number of ether oxygens (including phenoxy) is 2. The Morgan fingerprint density at radius 2 is 1.85 bits per heavy atom. The standard InChI is InChI=1S/C22H24N2O3/c1-23(25)22-16-20(17-5-3-2-4-6-17)19-8-7-18(15-21(19)22)27-14-11-24-9-12-26-13-10-24/h2-8,15-16H,9-14H2,1H3. The molecule has 140 valence electrons. The molecule has 1 saturated heterocycles. The van der Waals surface area contributed by atoms with Gasteiger partial charge in [-0.1, -0.05) is 30.3 Å². The van der Waals surface area contributed by atoms with Crippen molar-refractivity contribution in [2.24, 2.45) is 0 Å². The van der Waals surface area contributed by atoms with Crippen molar-refractivity contribution in [1.29, 1.82) is 0 Å². The first kappa shape index (κ1) is 17.8. The molecule has 5 nitrogen and oxygen atoms in total. The molecular weight excluding hydrogens is 340 g/mol. The number of rotatable bonds is 5. The lowest BCUT2D eigenvalue weighted by atomic mass is 9.99. The van der Waals surface area contributed by atoms with Crippen LogP contribution in [0.15, 0.2) is 54.6 Å². The van der Waals surface area contributed by atoms with Crippen molar-refractivity contribution >= 4 is 11.3 Å². The van der Waals surface area contributed by atoms with Gasteiger partial charge in [0.2, 0.25) is 5.71 Å². The number of fused-ring (bicyclic) bond motifs is 1. The highest BCUT2D eigenvalue weighted by atomic mass is 16.5. The third kappa shape index (κ3) is 3.89. The van der Waals surface area contributed by atoms with Crippen molar-refractivity contribution in [3.63, 3.8) is 0 Å². The van der Waals surface area contributed by atoms with Gasteiger partial charge in [-0.15, -0.1) is 0 Å². The maximum atomic E-state index is 12.1. The quantitative estimate of drug-likeness (QED) is 0.465. The van der Waals surface area contributed by atoms with Crippen LogP contribution in [-0.2, 0) is 4.74 Å². The summed E-state index contributed by atoms with van der Waals surface area (Å²) >= 11 is 0. The molecule has 1 fully saturated rings. The van der Waals surface area contributed by atoms with Gasteiger partial charge in [0.05, 0.1) is 18.8 Å². The van der Waals surface area contributed by atoms with Crippen molar-refractivity contribution in [2.75, 3.05) is 46.5 Å². The molecule has 5 heteroatoms. The molecule has 0 unspecified atom stereocenters. The highest BCUT2D eigenvalue weighted by Crippen LogP contribution is 2.35. The highest BCUT2D eigenvalue weighted by Gasteiger charge is 2.26. The zero-order valence-electron chi connectivity index (χ0n) is 15.6. The molecule has 4 rings (SSSR count). The maximum Gasteiger partial charge on any atom is 0.219 e. The van der Waals surface area contributed by atoms with Gasteiger partial charge in [0, 0.05) is 25.7 Å². The Balaban J connectivity index is 1.53. The van der Waals surface area contributed by atoms with Crippen molar-refractivity contribution < 1.29 is 14.2 Å². The molecule has 2 aliphatic rings. The molecule has 27 heavy (non-hydrogen) atoms. The monoisotopic (exact) mass is 364 g/mol. The molecule has 2 aromatic carbocycles. The highest BCUT2D eigenvalue weighted by molar-refractivity contribution is 6.19. The summed E-state index contributed by atoms with van der Waals surface area (Å²) in [6.45, 7) is 5.00. The second kappa shape index (κ2) is 7.94. The van der Waals surface area contributed by atoms with Crippen molar-refractivity contribution in [2.45, 2.75) is 0 Å². The predicted molar refractivity (Wildman–Crippen MR) is 106 cm³/mol. The summed E-state index contributed by atoms with van der Waals surface area (Å²) in [5, 5.41) is 12.1. The summed E-state index contributed by atoms with van der Waals surface area (Å²) in [7, 11) is 1.54. The van der Waals surface area contributed by atoms with Crippen LogP contribution in [0.1, 0.15) is 16.7 Å². The molecule has 0 bridgehead atoms. The number of benzene rings is 2. The van der Waals surface area contributed by atoms with E-state index < -0.39 is 0 Å². The largest absolute Gasteiger partial charge is 0.624 e. The van der Waals surface area contributed by atoms with E-state index in [2.05, 4.69) is 23.1 Å². The van der Waals surface area contributed by atoms with Gasteiger partial charge in [0.15, 0.2) is 0 Å². The molecule has 1 aliphatic carbocycles. The van der Waals surface area contributed by atoms with Crippen molar-refractivity contribution in [3.8, 4) is 5.75 Å². The Hall–Kier alpha value is -2.63. The molecule has 1 heterocycles. The van der Waals surface area contributed by atoms with Crippen LogP contribution in [0.3, 0.4) is 0 Å². The number of morpholine rings is 1. The van der Waals surface area contributed by atoms with Gasteiger partial charge in [-0.3, -0.25) is 4.90 Å². The summed E-state index contributed by atoms with van der Waals surface area (Å²) in [5.41, 5.74) is 4.84. The number of hydrogen-bond donors (Lipinski definition) is 0. The number of hydroxylamine groups is 1. The average molecular weight is 364 g/mol. The van der Waals surface area contributed by atoms with Crippen LogP contribution in [0.4, 0.5) is 0 Å². The van der Waals surface area contributed by atoms with Gasteiger partial charge in [-0.05, 0) is 34.9 Å². The average Bonchev–Trinajstić information content (AvgIpc) is 3.09. The fraction of sp³-hybridized carbons (Fsp3) is 0.318. The maximum absolute atomic E-state index is 12.1. The first-order valence-electron chi connectivity index (χ1n) is 9.35. The number of allylic oxidation sites excluding steroid dienone is 1. The van der Waals surface area contributed by atoms with E-state index in [-0.39, 0.29) is 0 Å². The Kier molecular flexibility index (Phi) is 5.23. The molecule has 2 aromatic rings. The third-order valence-corrected chi connectivity index (χ3v) is 5.04. The second-order valence-electron chi connectivity index (χ2n) is 6.82. The fourth-order valence-electron chi connectivity index (χ4n) is 3.59. The smallest absolute Gasteiger partial charge is 0.219 e. The predicted octanol–water partition coefficient (Wildman–Crippen LogP) is 2.77. The molecule has 0 saturated carbocycles. The van der Waals surface area contributed by atoms with Gasteiger partial charge in [-0.25, -0.2) is 4.74 Å². The summed E-state index contributed by atoms with van der Waals surface area (Å²) in [5.74, 6) is 0.795. The molecule has 1 aliphatic heterocycles. The van der Waals surface area contributed by atoms with Gasteiger partial charge >= 0.3 is 0 Å². The van der Waals surface area contributed by atoms with Crippen LogP contribution >= 0.6 is 0 Å². The van der Waals surface area contributed by atoms with Gasteiger partial charge < -0.3 is 14.7 Å². The lowest BCUT2D eigenvalue weighted by Gasteiger charge is -2.26. The van der Waals surface area contributed by atoms with E-state index in [1.54, 1.807) is 0 Å². The zero-order valence-corrected chi connectivity index (χ0v) is 15.6. The summed E-state index contributed by atoms with van der Waals surface area (Å²) in [6.07, 6.45) is 1.96. The minimum atomic E-state index is 0.625. The van der Waals surface area contributed by atoms with Crippen LogP contribution < -0.4 is 4.74 Å². The van der Waals surface area contributed by atoms with E-state index in [0.717, 1.165) is 65.6 Å². The lowest BCUT2D eigenvalue weighted by molar-refractivity contribution is -0.421. The van der Waals surface area contributed by atoms with Crippen LogP contribution in [0.2, 0.25) is 0 Å². The SMILES string of the molecule is C[N+]([O-])=C1C=C(c2ccccc2)c2ccc(OCCN3CCOCC3)cc21. The fourth-order valence-corrected chi connectivity index (χ4v) is 3.59. The van der Waals surface area contributed by atoms with E-state index in [9.17, 15) is 5.21 Å². The van der Waals surface area contributed by atoms with Crippen molar-refractivity contribution in [3.05, 3.63) is 76.5 Å². The molecule has 0 N–H and O–H groups in total. The zero-order chi connectivity index (χ0) is 18.6. The topological polar surface area (TPSA) is 47.8 Å². The summed E-state index contributed by atoms with van der Waals surface area (Å²) in [4.78, 5) is 2.34. The van der Waals surface area contributed by atoms with Gasteiger partial charge in [-0.2, -0.15) is 0 Å². The van der Waals surface area contributed by atoms with Gasteiger partial charge in [0.1, 0.15) is 19.4 Å². The molecular formula is C22H24N2O3. The lowest BCUT2D eigenvalue weighted by Crippen LogP contribution is -2.38. The van der Waals surface area contributed by atoms with E-state index in [1.165, 1.54) is 7.05 Å². The van der Waals surface area contributed by atoms with E-state index in [0.29, 0.717) is 12.3 Å². The Morgan fingerprint density at radius 1 is 1.07 bits per heavy atom. The second-order valence-corrected chi connectivity index (χ2v) is 6.82. The molecule has 0 spiro atoms. The third-order valence-electron chi connectivity index (χ3n) is 5.04. The van der Waals surface area contributed by atoms with E-state index in [1.807, 2.05) is 36.4 Å². The van der Waals surface area contributed by atoms with Crippen LogP contribution in [-0.4, -0.2) is 61.9 Å². The van der Waals surface area contributed by atoms with Crippen molar-refractivity contribution in [1.82, 2.24) is 4.90 Å². The summed E-state index contributed by atoms with van der Waals surface area (Å²) < 4.78 is 12.3. The first-order valence-corrected chi connectivity index (χ1v) is 9.35. The molecule has 0 atom stereocenters. The first-order chi connectivity index (χ1) is 13.2. The van der Waals surface area contributed by atoms with Gasteiger partial charge in [0.25, 0.3) is 0 Å². The molecule has 0 amide bonds. The van der Waals surface area contributed by atoms with E-state index in [4.69, 9.17) is 9.47 Å². The normalized spacial score (nSPS) is 18.8. The minimum Gasteiger partial charge on any atom is -0.624 e. The Morgan fingerprint density at radius 3 is 2.59 bits per heavy atom. The summed E-state index contributed by atoms with van der Waals surface area (Å²) in [6, 6.07) is 16.2. The van der Waals surface area contributed by atoms with Crippen LogP contribution in [0.5, 0.6) is 5.75 Å².